The standard InChI is InChI=1S/C11H13BrN2O3/c1-7(11(16)17)6-14(2)10(15)8-3-4-13-9(12)5-8/h3-5,7H,6H2,1-2H3,(H,16,17). The minimum atomic E-state index is -0.916. The third-order valence-corrected chi connectivity index (χ3v) is 2.72. The first-order valence-corrected chi connectivity index (χ1v) is 5.81. The molecule has 1 unspecified atom stereocenters. The van der Waals surface area contributed by atoms with Crippen LogP contribution in [0.25, 0.3) is 0 Å². The molecule has 1 heterocycles. The second-order valence-electron chi connectivity index (χ2n) is 3.79. The van der Waals surface area contributed by atoms with Gasteiger partial charge >= 0.3 is 5.97 Å². The van der Waals surface area contributed by atoms with Crippen molar-refractivity contribution in [2.45, 2.75) is 6.92 Å². The van der Waals surface area contributed by atoms with Crippen molar-refractivity contribution < 1.29 is 14.7 Å². The van der Waals surface area contributed by atoms with Crippen LogP contribution >= 0.6 is 15.9 Å². The molecule has 6 heteroatoms. The van der Waals surface area contributed by atoms with Gasteiger partial charge in [-0.2, -0.15) is 0 Å². The molecule has 0 aromatic carbocycles. The van der Waals surface area contributed by atoms with E-state index in [0.29, 0.717) is 10.2 Å². The highest BCUT2D eigenvalue weighted by Gasteiger charge is 2.18. The van der Waals surface area contributed by atoms with E-state index in [1.165, 1.54) is 11.1 Å². The first kappa shape index (κ1) is 13.6. The molecule has 1 atom stereocenters. The summed E-state index contributed by atoms with van der Waals surface area (Å²) in [5, 5.41) is 8.77. The Bertz CT molecular complexity index is 436. The van der Waals surface area contributed by atoms with Crippen LogP contribution in [-0.4, -0.2) is 40.5 Å². The Morgan fingerprint density at radius 3 is 2.76 bits per heavy atom. The summed E-state index contributed by atoms with van der Waals surface area (Å²) in [7, 11) is 1.58. The number of carboxylic acid groups (broad SMARTS) is 1. The molecule has 0 saturated carbocycles. The number of carboxylic acids is 1. The molecular formula is C11H13BrN2O3. The maximum absolute atomic E-state index is 11.9. The van der Waals surface area contributed by atoms with E-state index in [0.717, 1.165) is 0 Å². The van der Waals surface area contributed by atoms with Crippen LogP contribution in [0, 0.1) is 5.92 Å². The van der Waals surface area contributed by atoms with Crippen molar-refractivity contribution in [2.75, 3.05) is 13.6 Å². The minimum absolute atomic E-state index is 0.175. The Morgan fingerprint density at radius 1 is 1.59 bits per heavy atom. The smallest absolute Gasteiger partial charge is 0.308 e. The van der Waals surface area contributed by atoms with Crippen molar-refractivity contribution in [1.82, 2.24) is 9.88 Å². The zero-order valence-electron chi connectivity index (χ0n) is 9.55. The van der Waals surface area contributed by atoms with Gasteiger partial charge in [0, 0.05) is 25.4 Å². The van der Waals surface area contributed by atoms with Crippen LogP contribution in [0.1, 0.15) is 17.3 Å². The summed E-state index contributed by atoms with van der Waals surface area (Å²) in [5.74, 6) is -1.73. The number of aliphatic carboxylic acids is 1. The van der Waals surface area contributed by atoms with Gasteiger partial charge in [-0.1, -0.05) is 6.92 Å². The molecule has 0 aliphatic rings. The number of aromatic nitrogens is 1. The molecule has 1 amide bonds. The number of hydrogen-bond donors (Lipinski definition) is 1. The van der Waals surface area contributed by atoms with E-state index in [2.05, 4.69) is 20.9 Å². The number of carbonyl (C=O) groups excluding carboxylic acids is 1. The van der Waals surface area contributed by atoms with E-state index >= 15 is 0 Å². The van der Waals surface area contributed by atoms with Gasteiger partial charge in [0.2, 0.25) is 0 Å². The fourth-order valence-electron chi connectivity index (χ4n) is 1.33. The predicted molar refractivity (Wildman–Crippen MR) is 65.7 cm³/mol. The molecule has 0 bridgehead atoms. The van der Waals surface area contributed by atoms with Crippen molar-refractivity contribution in [3.63, 3.8) is 0 Å². The molecule has 1 aromatic heterocycles. The third-order valence-electron chi connectivity index (χ3n) is 2.29. The summed E-state index contributed by atoms with van der Waals surface area (Å²) in [4.78, 5) is 27.9. The molecule has 0 saturated heterocycles. The van der Waals surface area contributed by atoms with Crippen LogP contribution in [0.15, 0.2) is 22.9 Å². The average Bonchev–Trinajstić information content (AvgIpc) is 2.27. The molecule has 92 valence electrons. The molecule has 1 aromatic rings. The molecule has 1 N–H and O–H groups in total. The fraction of sp³-hybridized carbons (Fsp3) is 0.364. The van der Waals surface area contributed by atoms with Crippen LogP contribution in [0.3, 0.4) is 0 Å². The highest BCUT2D eigenvalue weighted by Crippen LogP contribution is 2.11. The summed E-state index contributed by atoms with van der Waals surface area (Å²) >= 11 is 3.18. The Kier molecular flexibility index (Phi) is 4.62. The zero-order chi connectivity index (χ0) is 13.0. The third kappa shape index (κ3) is 3.81. The van der Waals surface area contributed by atoms with Gasteiger partial charge < -0.3 is 10.0 Å². The second-order valence-corrected chi connectivity index (χ2v) is 4.60. The molecule has 5 nitrogen and oxygen atoms in total. The number of carbonyl (C=O) groups is 2. The number of halogens is 1. The average molecular weight is 301 g/mol. The normalized spacial score (nSPS) is 11.9. The monoisotopic (exact) mass is 300 g/mol. The molecule has 17 heavy (non-hydrogen) atoms. The summed E-state index contributed by atoms with van der Waals surface area (Å²) in [5.41, 5.74) is 0.479. The molecule has 0 spiro atoms. The van der Waals surface area contributed by atoms with Gasteiger partial charge in [-0.3, -0.25) is 9.59 Å². The van der Waals surface area contributed by atoms with E-state index in [4.69, 9.17) is 5.11 Å². The predicted octanol–water partition coefficient (Wildman–Crippen LogP) is 1.64. The highest BCUT2D eigenvalue weighted by molar-refractivity contribution is 9.10. The Labute approximate surface area is 108 Å². The van der Waals surface area contributed by atoms with Gasteiger partial charge in [0.25, 0.3) is 5.91 Å². The van der Waals surface area contributed by atoms with Crippen molar-refractivity contribution in [1.29, 1.82) is 0 Å². The van der Waals surface area contributed by atoms with Gasteiger partial charge in [-0.15, -0.1) is 0 Å². The van der Waals surface area contributed by atoms with Crippen LogP contribution in [-0.2, 0) is 4.79 Å². The van der Waals surface area contributed by atoms with Crippen molar-refractivity contribution in [2.24, 2.45) is 5.92 Å². The van der Waals surface area contributed by atoms with Crippen LogP contribution < -0.4 is 0 Å². The van der Waals surface area contributed by atoms with Crippen LogP contribution in [0.2, 0.25) is 0 Å². The number of pyridine rings is 1. The molecule has 0 aliphatic heterocycles. The number of amides is 1. The van der Waals surface area contributed by atoms with Crippen molar-refractivity contribution in [3.05, 3.63) is 28.5 Å². The van der Waals surface area contributed by atoms with Gasteiger partial charge in [0.05, 0.1) is 5.92 Å². The molecule has 1 rings (SSSR count). The van der Waals surface area contributed by atoms with E-state index in [1.54, 1.807) is 26.1 Å². The van der Waals surface area contributed by atoms with E-state index < -0.39 is 11.9 Å². The maximum Gasteiger partial charge on any atom is 0.308 e. The lowest BCUT2D eigenvalue weighted by Gasteiger charge is -2.19. The Morgan fingerprint density at radius 2 is 2.24 bits per heavy atom. The molecule has 0 radical (unpaired) electrons. The number of rotatable bonds is 4. The number of nitrogens with zero attached hydrogens (tertiary/aromatic N) is 2. The van der Waals surface area contributed by atoms with Crippen LogP contribution in [0.4, 0.5) is 0 Å². The number of hydrogen-bond acceptors (Lipinski definition) is 3. The summed E-state index contributed by atoms with van der Waals surface area (Å²) < 4.78 is 0.572. The molecular weight excluding hydrogens is 288 g/mol. The second kappa shape index (κ2) is 5.77. The lowest BCUT2D eigenvalue weighted by atomic mass is 10.1. The van der Waals surface area contributed by atoms with Gasteiger partial charge in [0.15, 0.2) is 0 Å². The Hall–Kier alpha value is -1.43. The van der Waals surface area contributed by atoms with E-state index in [9.17, 15) is 9.59 Å². The van der Waals surface area contributed by atoms with Crippen molar-refractivity contribution >= 4 is 27.8 Å². The maximum atomic E-state index is 11.9. The lowest BCUT2D eigenvalue weighted by Crippen LogP contribution is -2.33. The van der Waals surface area contributed by atoms with Gasteiger partial charge in [-0.05, 0) is 28.1 Å². The zero-order valence-corrected chi connectivity index (χ0v) is 11.1. The SMILES string of the molecule is CC(CN(C)C(=O)c1ccnc(Br)c1)C(=O)O. The van der Waals surface area contributed by atoms with Crippen molar-refractivity contribution in [3.8, 4) is 0 Å². The van der Waals surface area contributed by atoms with Gasteiger partial charge in [-0.25, -0.2) is 4.98 Å². The minimum Gasteiger partial charge on any atom is -0.481 e. The first-order valence-electron chi connectivity index (χ1n) is 5.01. The van der Waals surface area contributed by atoms with E-state index in [-0.39, 0.29) is 12.5 Å². The molecule has 0 aliphatic carbocycles. The van der Waals surface area contributed by atoms with E-state index in [1.807, 2.05) is 0 Å². The van der Waals surface area contributed by atoms with Gasteiger partial charge in [0.1, 0.15) is 4.60 Å². The first-order chi connectivity index (χ1) is 7.91. The largest absolute Gasteiger partial charge is 0.481 e. The summed E-state index contributed by atoms with van der Waals surface area (Å²) in [6, 6.07) is 3.19. The lowest BCUT2D eigenvalue weighted by molar-refractivity contribution is -0.141. The fourth-order valence-corrected chi connectivity index (χ4v) is 1.69. The Balaban J connectivity index is 2.73. The topological polar surface area (TPSA) is 70.5 Å². The highest BCUT2D eigenvalue weighted by atomic mass is 79.9. The summed E-state index contributed by atoms with van der Waals surface area (Å²) in [6.07, 6.45) is 1.52. The van der Waals surface area contributed by atoms with Crippen LogP contribution in [0.5, 0.6) is 0 Å². The summed E-state index contributed by atoms with van der Waals surface area (Å²) in [6.45, 7) is 1.74. The quantitative estimate of drug-likeness (QED) is 0.858. The molecule has 0 fully saturated rings.